The van der Waals surface area contributed by atoms with Crippen molar-refractivity contribution in [1.29, 1.82) is 0 Å². The fourth-order valence-corrected chi connectivity index (χ4v) is 1.35. The molecule has 18 heavy (non-hydrogen) atoms. The van der Waals surface area contributed by atoms with Gasteiger partial charge in [0.15, 0.2) is 0 Å². The molecule has 0 spiro atoms. The Hall–Kier alpha value is -2.56. The van der Waals surface area contributed by atoms with E-state index in [0.717, 1.165) is 5.75 Å². The summed E-state index contributed by atoms with van der Waals surface area (Å²) < 4.78 is 10.5. The number of hydrogen-bond acceptors (Lipinski definition) is 4. The first kappa shape index (κ1) is 11.9. The topological polar surface area (TPSA) is 68.7 Å². The first-order chi connectivity index (χ1) is 8.69. The van der Waals surface area contributed by atoms with E-state index in [9.17, 15) is 4.79 Å². The minimum absolute atomic E-state index is 0.0166. The van der Waals surface area contributed by atoms with Crippen LogP contribution < -0.4 is 9.47 Å². The van der Waals surface area contributed by atoms with Crippen molar-refractivity contribution in [3.05, 3.63) is 48.3 Å². The quantitative estimate of drug-likeness (QED) is 0.896. The van der Waals surface area contributed by atoms with Gasteiger partial charge in [0, 0.05) is 0 Å². The minimum Gasteiger partial charge on any atom is -0.497 e. The molecule has 2 aromatic rings. The molecule has 92 valence electrons. The van der Waals surface area contributed by atoms with Crippen molar-refractivity contribution in [3.8, 4) is 17.2 Å². The SMILES string of the molecule is COc1ccc(Oc2ccc(C(=O)O)nc2)cc1. The van der Waals surface area contributed by atoms with Crippen LogP contribution in [-0.4, -0.2) is 23.2 Å². The molecule has 0 aliphatic carbocycles. The lowest BCUT2D eigenvalue weighted by molar-refractivity contribution is 0.0690. The third-order valence-corrected chi connectivity index (χ3v) is 2.25. The number of carboxylic acids is 1. The molecular formula is C13H11NO4. The zero-order chi connectivity index (χ0) is 13.0. The lowest BCUT2D eigenvalue weighted by atomic mass is 10.3. The van der Waals surface area contributed by atoms with Gasteiger partial charge in [-0.3, -0.25) is 0 Å². The van der Waals surface area contributed by atoms with Crippen LogP contribution in [0.4, 0.5) is 0 Å². The van der Waals surface area contributed by atoms with E-state index in [2.05, 4.69) is 4.98 Å². The lowest BCUT2D eigenvalue weighted by Crippen LogP contribution is -1.99. The van der Waals surface area contributed by atoms with E-state index in [1.54, 1.807) is 37.4 Å². The molecule has 0 saturated heterocycles. The van der Waals surface area contributed by atoms with Gasteiger partial charge in [0.1, 0.15) is 22.9 Å². The van der Waals surface area contributed by atoms with Gasteiger partial charge in [-0.25, -0.2) is 9.78 Å². The molecule has 0 saturated carbocycles. The number of hydrogen-bond donors (Lipinski definition) is 1. The molecule has 0 aliphatic rings. The highest BCUT2D eigenvalue weighted by Crippen LogP contribution is 2.23. The van der Waals surface area contributed by atoms with Crippen LogP contribution in [0.3, 0.4) is 0 Å². The first-order valence-corrected chi connectivity index (χ1v) is 5.20. The van der Waals surface area contributed by atoms with Gasteiger partial charge in [-0.05, 0) is 36.4 Å². The molecule has 0 fully saturated rings. The number of ether oxygens (including phenoxy) is 2. The number of carboxylic acid groups (broad SMARTS) is 1. The second-order valence-corrected chi connectivity index (χ2v) is 3.46. The molecule has 0 amide bonds. The summed E-state index contributed by atoms with van der Waals surface area (Å²) in [4.78, 5) is 14.4. The molecule has 5 nitrogen and oxygen atoms in total. The van der Waals surface area contributed by atoms with Crippen molar-refractivity contribution in [1.82, 2.24) is 4.98 Å². The van der Waals surface area contributed by atoms with E-state index < -0.39 is 5.97 Å². The number of benzene rings is 1. The number of rotatable bonds is 4. The van der Waals surface area contributed by atoms with E-state index in [1.165, 1.54) is 12.3 Å². The molecule has 0 aliphatic heterocycles. The maximum absolute atomic E-state index is 10.6. The molecule has 2 rings (SSSR count). The Balaban J connectivity index is 2.10. The highest BCUT2D eigenvalue weighted by atomic mass is 16.5. The highest BCUT2D eigenvalue weighted by Gasteiger charge is 2.04. The van der Waals surface area contributed by atoms with Crippen LogP contribution in [0, 0.1) is 0 Å². The third kappa shape index (κ3) is 2.76. The summed E-state index contributed by atoms with van der Waals surface area (Å²) in [6.07, 6.45) is 1.37. The van der Waals surface area contributed by atoms with E-state index in [1.807, 2.05) is 0 Å². The van der Waals surface area contributed by atoms with Gasteiger partial charge < -0.3 is 14.6 Å². The molecule has 1 N–H and O–H groups in total. The molecular weight excluding hydrogens is 234 g/mol. The van der Waals surface area contributed by atoms with E-state index in [0.29, 0.717) is 11.5 Å². The van der Waals surface area contributed by atoms with E-state index in [-0.39, 0.29) is 5.69 Å². The van der Waals surface area contributed by atoms with Crippen LogP contribution in [0.5, 0.6) is 17.2 Å². The van der Waals surface area contributed by atoms with Crippen molar-refractivity contribution >= 4 is 5.97 Å². The summed E-state index contributed by atoms with van der Waals surface area (Å²) >= 11 is 0. The standard InChI is InChI=1S/C13H11NO4/c1-17-9-2-4-10(5-3-9)18-11-6-7-12(13(15)16)14-8-11/h2-8H,1H3,(H,15,16). The summed E-state index contributed by atoms with van der Waals surface area (Å²) in [5.41, 5.74) is -0.0166. The first-order valence-electron chi connectivity index (χ1n) is 5.20. The molecule has 0 atom stereocenters. The average Bonchev–Trinajstić information content (AvgIpc) is 2.40. The number of pyridine rings is 1. The Morgan fingerprint density at radius 3 is 2.17 bits per heavy atom. The molecule has 0 radical (unpaired) electrons. The van der Waals surface area contributed by atoms with Crippen LogP contribution >= 0.6 is 0 Å². The molecule has 5 heteroatoms. The maximum Gasteiger partial charge on any atom is 0.354 e. The minimum atomic E-state index is -1.06. The van der Waals surface area contributed by atoms with Crippen LogP contribution in [0.1, 0.15) is 10.5 Å². The number of methoxy groups -OCH3 is 1. The molecule has 1 heterocycles. The van der Waals surface area contributed by atoms with E-state index >= 15 is 0 Å². The number of aromatic nitrogens is 1. The number of aromatic carboxylic acids is 1. The van der Waals surface area contributed by atoms with Gasteiger partial charge in [0.05, 0.1) is 13.3 Å². The molecule has 0 unspecified atom stereocenters. The second kappa shape index (κ2) is 5.18. The Bertz CT molecular complexity index is 534. The zero-order valence-corrected chi connectivity index (χ0v) is 9.66. The Kier molecular flexibility index (Phi) is 3.43. The Labute approximate surface area is 104 Å². The fourth-order valence-electron chi connectivity index (χ4n) is 1.35. The summed E-state index contributed by atoms with van der Waals surface area (Å²) in [5.74, 6) is 0.776. The van der Waals surface area contributed by atoms with Gasteiger partial charge in [0.2, 0.25) is 0 Å². The van der Waals surface area contributed by atoms with Crippen molar-refractivity contribution in [2.45, 2.75) is 0 Å². The fraction of sp³-hybridized carbons (Fsp3) is 0.0769. The second-order valence-electron chi connectivity index (χ2n) is 3.46. The molecule has 1 aromatic heterocycles. The van der Waals surface area contributed by atoms with E-state index in [4.69, 9.17) is 14.6 Å². The van der Waals surface area contributed by atoms with Crippen LogP contribution in [0.15, 0.2) is 42.6 Å². The summed E-state index contributed by atoms with van der Waals surface area (Å²) in [6.45, 7) is 0. The van der Waals surface area contributed by atoms with Crippen LogP contribution in [-0.2, 0) is 0 Å². The monoisotopic (exact) mass is 245 g/mol. The number of nitrogens with zero attached hydrogens (tertiary/aromatic N) is 1. The summed E-state index contributed by atoms with van der Waals surface area (Å²) in [7, 11) is 1.59. The van der Waals surface area contributed by atoms with Crippen LogP contribution in [0.25, 0.3) is 0 Å². The predicted molar refractivity (Wildman–Crippen MR) is 64.3 cm³/mol. The predicted octanol–water partition coefficient (Wildman–Crippen LogP) is 2.58. The zero-order valence-electron chi connectivity index (χ0n) is 9.66. The lowest BCUT2D eigenvalue weighted by Gasteiger charge is -2.06. The van der Waals surface area contributed by atoms with Crippen molar-refractivity contribution in [2.24, 2.45) is 0 Å². The van der Waals surface area contributed by atoms with Crippen molar-refractivity contribution < 1.29 is 19.4 Å². The third-order valence-electron chi connectivity index (χ3n) is 2.25. The van der Waals surface area contributed by atoms with Gasteiger partial charge >= 0.3 is 5.97 Å². The maximum atomic E-state index is 10.6. The number of carbonyl (C=O) groups is 1. The molecule has 1 aromatic carbocycles. The van der Waals surface area contributed by atoms with Gasteiger partial charge in [-0.15, -0.1) is 0 Å². The van der Waals surface area contributed by atoms with Gasteiger partial charge in [-0.1, -0.05) is 0 Å². The smallest absolute Gasteiger partial charge is 0.354 e. The average molecular weight is 245 g/mol. The largest absolute Gasteiger partial charge is 0.497 e. The highest BCUT2D eigenvalue weighted by molar-refractivity contribution is 5.85. The summed E-state index contributed by atoms with van der Waals surface area (Å²) in [6, 6.07) is 10.00. The summed E-state index contributed by atoms with van der Waals surface area (Å²) in [5, 5.41) is 8.71. The Morgan fingerprint density at radius 1 is 1.06 bits per heavy atom. The van der Waals surface area contributed by atoms with Crippen LogP contribution in [0.2, 0.25) is 0 Å². The van der Waals surface area contributed by atoms with Crippen molar-refractivity contribution in [2.75, 3.05) is 7.11 Å². The van der Waals surface area contributed by atoms with Crippen molar-refractivity contribution in [3.63, 3.8) is 0 Å². The molecule has 0 bridgehead atoms. The van der Waals surface area contributed by atoms with Gasteiger partial charge in [0.25, 0.3) is 0 Å². The Morgan fingerprint density at radius 2 is 1.67 bits per heavy atom. The van der Waals surface area contributed by atoms with Gasteiger partial charge in [-0.2, -0.15) is 0 Å². The normalized spacial score (nSPS) is 9.83.